The second-order valence-electron chi connectivity index (χ2n) is 4.07. The molecule has 0 unspecified atom stereocenters. The zero-order chi connectivity index (χ0) is 13.1. The molecular formula is C13H13BrN4. The van der Waals surface area contributed by atoms with Crippen LogP contribution in [0.2, 0.25) is 0 Å². The summed E-state index contributed by atoms with van der Waals surface area (Å²) in [6.07, 6.45) is 1.98. The topological polar surface area (TPSA) is 53.6 Å². The van der Waals surface area contributed by atoms with Gasteiger partial charge in [-0.15, -0.1) is 0 Å². The number of nitrogens with zero attached hydrogens (tertiary/aromatic N) is 3. The molecular weight excluding hydrogens is 292 g/mol. The van der Waals surface area contributed by atoms with Crippen molar-refractivity contribution in [1.82, 2.24) is 9.78 Å². The van der Waals surface area contributed by atoms with E-state index in [2.05, 4.69) is 32.4 Å². The van der Waals surface area contributed by atoms with Gasteiger partial charge in [-0.25, -0.2) is 0 Å². The second kappa shape index (κ2) is 5.23. The molecule has 0 saturated heterocycles. The molecule has 0 amide bonds. The number of hydrogen-bond acceptors (Lipinski definition) is 3. The van der Waals surface area contributed by atoms with E-state index in [-0.39, 0.29) is 0 Å². The minimum atomic E-state index is 0.630. The van der Waals surface area contributed by atoms with Gasteiger partial charge >= 0.3 is 0 Å². The van der Waals surface area contributed by atoms with Gasteiger partial charge in [-0.05, 0) is 25.1 Å². The van der Waals surface area contributed by atoms with Gasteiger partial charge in [-0.1, -0.05) is 15.9 Å². The quantitative estimate of drug-likeness (QED) is 0.948. The van der Waals surface area contributed by atoms with Crippen LogP contribution in [-0.4, -0.2) is 9.78 Å². The van der Waals surface area contributed by atoms with Gasteiger partial charge in [0.05, 0.1) is 16.9 Å². The Morgan fingerprint density at radius 3 is 2.89 bits per heavy atom. The van der Waals surface area contributed by atoms with Gasteiger partial charge in [0.1, 0.15) is 6.07 Å². The predicted molar refractivity (Wildman–Crippen MR) is 74.1 cm³/mol. The van der Waals surface area contributed by atoms with Crippen molar-refractivity contribution in [3.05, 3.63) is 45.7 Å². The summed E-state index contributed by atoms with van der Waals surface area (Å²) in [5.74, 6) is 0. The summed E-state index contributed by atoms with van der Waals surface area (Å²) in [6, 6.07) is 7.80. The summed E-state index contributed by atoms with van der Waals surface area (Å²) in [5.41, 5.74) is 3.60. The fourth-order valence-corrected chi connectivity index (χ4v) is 2.14. The van der Waals surface area contributed by atoms with E-state index >= 15 is 0 Å². The molecule has 4 nitrogen and oxygen atoms in total. The molecule has 0 aliphatic carbocycles. The lowest BCUT2D eigenvalue weighted by Crippen LogP contribution is -2.01. The van der Waals surface area contributed by atoms with Gasteiger partial charge in [0.15, 0.2) is 0 Å². The summed E-state index contributed by atoms with van der Waals surface area (Å²) < 4.78 is 2.70. The monoisotopic (exact) mass is 304 g/mol. The molecule has 18 heavy (non-hydrogen) atoms. The smallest absolute Gasteiger partial charge is 0.101 e. The maximum Gasteiger partial charge on any atom is 0.101 e. The summed E-state index contributed by atoms with van der Waals surface area (Å²) in [5, 5.41) is 16.6. The third kappa shape index (κ3) is 2.71. The van der Waals surface area contributed by atoms with E-state index in [4.69, 9.17) is 5.26 Å². The van der Waals surface area contributed by atoms with Gasteiger partial charge in [0, 0.05) is 29.8 Å². The Kier molecular flexibility index (Phi) is 3.68. The molecule has 0 atom stereocenters. The Hall–Kier alpha value is -1.80. The minimum Gasteiger partial charge on any atom is -0.380 e. The van der Waals surface area contributed by atoms with E-state index in [0.717, 1.165) is 21.4 Å². The van der Waals surface area contributed by atoms with E-state index in [1.807, 2.05) is 32.3 Å². The number of rotatable bonds is 3. The van der Waals surface area contributed by atoms with Gasteiger partial charge in [0.25, 0.3) is 0 Å². The first-order valence-corrected chi connectivity index (χ1v) is 6.32. The highest BCUT2D eigenvalue weighted by atomic mass is 79.9. The maximum atomic E-state index is 9.07. The molecule has 2 aromatic rings. The summed E-state index contributed by atoms with van der Waals surface area (Å²) in [4.78, 5) is 0. The number of anilines is 1. The van der Waals surface area contributed by atoms with Crippen LogP contribution in [-0.2, 0) is 13.6 Å². The number of aryl methyl sites for hydroxylation is 2. The molecule has 0 saturated carbocycles. The van der Waals surface area contributed by atoms with Crippen LogP contribution in [0.25, 0.3) is 0 Å². The highest BCUT2D eigenvalue weighted by Gasteiger charge is 2.05. The van der Waals surface area contributed by atoms with Crippen LogP contribution in [0.1, 0.15) is 16.8 Å². The van der Waals surface area contributed by atoms with Crippen LogP contribution < -0.4 is 5.32 Å². The van der Waals surface area contributed by atoms with Crippen LogP contribution in [0.15, 0.2) is 28.9 Å². The lowest BCUT2D eigenvalue weighted by atomic mass is 10.2. The minimum absolute atomic E-state index is 0.630. The van der Waals surface area contributed by atoms with Crippen LogP contribution in [0, 0.1) is 18.3 Å². The first-order valence-electron chi connectivity index (χ1n) is 5.53. The molecule has 1 aromatic heterocycles. The van der Waals surface area contributed by atoms with Crippen molar-refractivity contribution in [2.75, 3.05) is 5.32 Å². The molecule has 2 rings (SSSR count). The average Bonchev–Trinajstić information content (AvgIpc) is 2.66. The number of nitriles is 1. The number of halogens is 1. The Balaban J connectivity index is 2.16. The van der Waals surface area contributed by atoms with Gasteiger partial charge in [-0.3, -0.25) is 4.68 Å². The number of hydrogen-bond donors (Lipinski definition) is 1. The van der Waals surface area contributed by atoms with Crippen molar-refractivity contribution < 1.29 is 0 Å². The van der Waals surface area contributed by atoms with E-state index < -0.39 is 0 Å². The molecule has 5 heteroatoms. The summed E-state index contributed by atoms with van der Waals surface area (Å²) >= 11 is 3.36. The molecule has 0 radical (unpaired) electrons. The van der Waals surface area contributed by atoms with Crippen molar-refractivity contribution in [2.24, 2.45) is 7.05 Å². The molecule has 1 heterocycles. The van der Waals surface area contributed by atoms with Crippen molar-refractivity contribution in [2.45, 2.75) is 13.5 Å². The first-order chi connectivity index (χ1) is 8.60. The number of nitrogens with one attached hydrogen (secondary N) is 1. The SMILES string of the molecule is Cc1nn(C)cc1CNc1ccc(Br)cc1C#N. The van der Waals surface area contributed by atoms with Crippen LogP contribution in [0.4, 0.5) is 5.69 Å². The average molecular weight is 305 g/mol. The highest BCUT2D eigenvalue weighted by Crippen LogP contribution is 2.21. The standard InChI is InChI=1S/C13H13BrN4/c1-9-11(8-18(2)17-9)7-16-13-4-3-12(14)5-10(13)6-15/h3-5,8,16H,7H2,1-2H3. The Labute approximate surface area is 114 Å². The lowest BCUT2D eigenvalue weighted by molar-refractivity contribution is 0.756. The van der Waals surface area contributed by atoms with E-state index in [1.54, 1.807) is 10.7 Å². The Morgan fingerprint density at radius 2 is 2.28 bits per heavy atom. The van der Waals surface area contributed by atoms with Gasteiger partial charge in [-0.2, -0.15) is 10.4 Å². The fraction of sp³-hybridized carbons (Fsp3) is 0.231. The lowest BCUT2D eigenvalue weighted by Gasteiger charge is -2.07. The Bertz CT molecular complexity index is 610. The number of benzene rings is 1. The largest absolute Gasteiger partial charge is 0.380 e. The normalized spacial score (nSPS) is 10.1. The van der Waals surface area contributed by atoms with E-state index in [0.29, 0.717) is 12.1 Å². The molecule has 0 spiro atoms. The first kappa shape index (κ1) is 12.7. The van der Waals surface area contributed by atoms with Crippen molar-refractivity contribution in [3.63, 3.8) is 0 Å². The van der Waals surface area contributed by atoms with Crippen LogP contribution >= 0.6 is 15.9 Å². The molecule has 1 N–H and O–H groups in total. The molecule has 0 fully saturated rings. The fourth-order valence-electron chi connectivity index (χ4n) is 1.78. The zero-order valence-corrected chi connectivity index (χ0v) is 11.8. The highest BCUT2D eigenvalue weighted by molar-refractivity contribution is 9.10. The molecule has 0 bridgehead atoms. The van der Waals surface area contributed by atoms with Crippen molar-refractivity contribution in [1.29, 1.82) is 5.26 Å². The third-order valence-corrected chi connectivity index (χ3v) is 3.18. The van der Waals surface area contributed by atoms with Crippen LogP contribution in [0.3, 0.4) is 0 Å². The van der Waals surface area contributed by atoms with E-state index in [9.17, 15) is 0 Å². The Morgan fingerprint density at radius 1 is 1.50 bits per heavy atom. The zero-order valence-electron chi connectivity index (χ0n) is 10.2. The maximum absolute atomic E-state index is 9.07. The summed E-state index contributed by atoms with van der Waals surface area (Å²) in [7, 11) is 1.90. The van der Waals surface area contributed by atoms with E-state index in [1.165, 1.54) is 0 Å². The summed E-state index contributed by atoms with van der Waals surface area (Å²) in [6.45, 7) is 2.64. The third-order valence-electron chi connectivity index (χ3n) is 2.69. The predicted octanol–water partition coefficient (Wildman–Crippen LogP) is 2.97. The van der Waals surface area contributed by atoms with Crippen LogP contribution in [0.5, 0.6) is 0 Å². The number of aromatic nitrogens is 2. The molecule has 1 aromatic carbocycles. The molecule has 0 aliphatic rings. The molecule has 92 valence electrons. The van der Waals surface area contributed by atoms with Crippen molar-refractivity contribution >= 4 is 21.6 Å². The van der Waals surface area contributed by atoms with Gasteiger partial charge < -0.3 is 5.32 Å². The molecule has 0 aliphatic heterocycles. The van der Waals surface area contributed by atoms with Crippen molar-refractivity contribution in [3.8, 4) is 6.07 Å². The second-order valence-corrected chi connectivity index (χ2v) is 4.98. The van der Waals surface area contributed by atoms with Gasteiger partial charge in [0.2, 0.25) is 0 Å².